The van der Waals surface area contributed by atoms with Gasteiger partial charge < -0.3 is 11.1 Å². The summed E-state index contributed by atoms with van der Waals surface area (Å²) in [6, 6.07) is 7.62. The van der Waals surface area contributed by atoms with Crippen molar-refractivity contribution < 1.29 is 4.79 Å². The number of benzene rings is 1. The number of nitrogens with one attached hydrogen (secondary N) is 1. The summed E-state index contributed by atoms with van der Waals surface area (Å²) in [7, 11) is 0. The minimum Gasteiger partial charge on any atom is -0.355 e. The van der Waals surface area contributed by atoms with E-state index in [4.69, 9.17) is 17.3 Å². The van der Waals surface area contributed by atoms with Crippen LogP contribution in [-0.4, -0.2) is 24.7 Å². The Morgan fingerprint density at radius 3 is 2.76 bits per heavy atom. The van der Waals surface area contributed by atoms with Gasteiger partial charge in [0, 0.05) is 30.2 Å². The first-order valence-corrected chi connectivity index (χ1v) is 6.44. The molecule has 6 heteroatoms. The molecule has 1 aromatic carbocycles. The van der Waals surface area contributed by atoms with Crippen LogP contribution in [0.3, 0.4) is 0 Å². The Morgan fingerprint density at radius 2 is 2.12 bits per heavy atom. The van der Waals surface area contributed by atoms with Crippen molar-refractivity contribution in [2.45, 2.75) is 11.3 Å². The highest BCUT2D eigenvalue weighted by Crippen LogP contribution is 2.26. The number of rotatable bonds is 6. The predicted molar refractivity (Wildman–Crippen MR) is 76.1 cm³/mol. The summed E-state index contributed by atoms with van der Waals surface area (Å²) in [5.74, 6) is 0.755. The van der Waals surface area contributed by atoms with E-state index in [2.05, 4.69) is 5.32 Å². The van der Waals surface area contributed by atoms with Crippen molar-refractivity contribution in [2.24, 2.45) is 5.73 Å². The highest BCUT2D eigenvalue weighted by Gasteiger charge is 2.03. The van der Waals surface area contributed by atoms with Crippen molar-refractivity contribution in [1.29, 1.82) is 0 Å². The van der Waals surface area contributed by atoms with E-state index in [9.17, 15) is 4.79 Å². The Balaban J connectivity index is 0.00000256. The third kappa shape index (κ3) is 6.78. The molecule has 0 radical (unpaired) electrons. The van der Waals surface area contributed by atoms with Crippen LogP contribution in [0.5, 0.6) is 0 Å². The van der Waals surface area contributed by atoms with Gasteiger partial charge in [0.2, 0.25) is 5.91 Å². The number of thioether (sulfide) groups is 1. The average molecular weight is 295 g/mol. The molecule has 0 spiro atoms. The van der Waals surface area contributed by atoms with Crippen molar-refractivity contribution >= 4 is 41.7 Å². The summed E-state index contributed by atoms with van der Waals surface area (Å²) in [6.45, 7) is 1.01. The zero-order valence-corrected chi connectivity index (χ0v) is 11.7. The Kier molecular flexibility index (Phi) is 9.36. The van der Waals surface area contributed by atoms with Crippen LogP contribution in [-0.2, 0) is 4.79 Å². The van der Waals surface area contributed by atoms with Crippen LogP contribution in [0.15, 0.2) is 29.2 Å². The molecule has 0 saturated carbocycles. The number of hydrogen-bond acceptors (Lipinski definition) is 3. The minimum atomic E-state index is 0. The normalized spacial score (nSPS) is 9.53. The van der Waals surface area contributed by atoms with Crippen LogP contribution >= 0.6 is 35.8 Å². The zero-order chi connectivity index (χ0) is 11.8. The fourth-order valence-electron chi connectivity index (χ4n) is 1.12. The van der Waals surface area contributed by atoms with E-state index in [-0.39, 0.29) is 18.3 Å². The number of halogens is 2. The lowest BCUT2D eigenvalue weighted by molar-refractivity contribution is -0.120. The maximum absolute atomic E-state index is 11.3. The van der Waals surface area contributed by atoms with Crippen molar-refractivity contribution in [3.05, 3.63) is 29.3 Å². The van der Waals surface area contributed by atoms with E-state index >= 15 is 0 Å². The Bertz CT molecular complexity index is 350. The predicted octanol–water partition coefficient (Wildman–Crippen LogP) is 2.32. The van der Waals surface area contributed by atoms with E-state index in [1.807, 2.05) is 24.3 Å². The van der Waals surface area contributed by atoms with Crippen molar-refractivity contribution in [3.63, 3.8) is 0 Å². The molecule has 0 heterocycles. The third-order valence-electron chi connectivity index (χ3n) is 1.89. The first-order chi connectivity index (χ1) is 7.74. The maximum atomic E-state index is 11.3. The molecule has 0 saturated heterocycles. The quantitative estimate of drug-likeness (QED) is 0.792. The molecule has 0 fully saturated rings. The van der Waals surface area contributed by atoms with Crippen LogP contribution in [0, 0.1) is 0 Å². The second kappa shape index (κ2) is 9.59. The number of nitrogens with two attached hydrogens (primary N) is 1. The largest absolute Gasteiger partial charge is 0.355 e. The van der Waals surface area contributed by atoms with Gasteiger partial charge in [-0.2, -0.15) is 0 Å². The molecule has 96 valence electrons. The maximum Gasteiger partial charge on any atom is 0.220 e. The number of hydrogen-bond donors (Lipinski definition) is 2. The monoisotopic (exact) mass is 294 g/mol. The molecule has 0 aliphatic heterocycles. The Morgan fingerprint density at radius 1 is 1.41 bits per heavy atom. The molecule has 3 N–H and O–H groups in total. The highest BCUT2D eigenvalue weighted by molar-refractivity contribution is 7.99. The summed E-state index contributed by atoms with van der Waals surface area (Å²) >= 11 is 7.57. The SMILES string of the molecule is Cl.NCCNC(=O)CCSc1ccccc1Cl. The molecular formula is C11H16Cl2N2OS. The lowest BCUT2D eigenvalue weighted by atomic mass is 10.4. The number of carbonyl (C=O) groups is 1. The Hall–Kier alpha value is -0.420. The minimum absolute atomic E-state index is 0. The molecule has 0 unspecified atom stereocenters. The fourth-order valence-corrected chi connectivity index (χ4v) is 2.30. The van der Waals surface area contributed by atoms with Crippen molar-refractivity contribution in [1.82, 2.24) is 5.32 Å². The molecule has 0 atom stereocenters. The van der Waals surface area contributed by atoms with E-state index in [1.165, 1.54) is 0 Å². The second-order valence-electron chi connectivity index (χ2n) is 3.17. The third-order valence-corrected chi connectivity index (χ3v) is 3.41. The summed E-state index contributed by atoms with van der Waals surface area (Å²) < 4.78 is 0. The van der Waals surface area contributed by atoms with Crippen LogP contribution in [0.4, 0.5) is 0 Å². The molecule has 0 aromatic heterocycles. The number of amides is 1. The van der Waals surface area contributed by atoms with Crippen molar-refractivity contribution in [3.8, 4) is 0 Å². The van der Waals surface area contributed by atoms with E-state index < -0.39 is 0 Å². The molecule has 3 nitrogen and oxygen atoms in total. The lowest BCUT2D eigenvalue weighted by Crippen LogP contribution is -2.29. The molecule has 0 bridgehead atoms. The molecule has 0 aliphatic rings. The van der Waals surface area contributed by atoms with Gasteiger partial charge in [-0.05, 0) is 12.1 Å². The molecule has 1 amide bonds. The van der Waals surface area contributed by atoms with Gasteiger partial charge in [-0.25, -0.2) is 0 Å². The van der Waals surface area contributed by atoms with Gasteiger partial charge in [-0.3, -0.25) is 4.79 Å². The molecule has 17 heavy (non-hydrogen) atoms. The highest BCUT2D eigenvalue weighted by atomic mass is 35.5. The van der Waals surface area contributed by atoms with E-state index in [0.29, 0.717) is 19.5 Å². The summed E-state index contributed by atoms with van der Waals surface area (Å²) in [5, 5.41) is 3.45. The topological polar surface area (TPSA) is 55.1 Å². The van der Waals surface area contributed by atoms with Gasteiger partial charge >= 0.3 is 0 Å². The van der Waals surface area contributed by atoms with Crippen LogP contribution in [0.1, 0.15) is 6.42 Å². The molecule has 1 aromatic rings. The van der Waals surface area contributed by atoms with E-state index in [1.54, 1.807) is 11.8 Å². The van der Waals surface area contributed by atoms with Gasteiger partial charge in [0.25, 0.3) is 0 Å². The van der Waals surface area contributed by atoms with Crippen LogP contribution < -0.4 is 11.1 Å². The molecule has 0 aliphatic carbocycles. The van der Waals surface area contributed by atoms with E-state index in [0.717, 1.165) is 15.7 Å². The second-order valence-corrected chi connectivity index (χ2v) is 4.71. The smallest absolute Gasteiger partial charge is 0.220 e. The van der Waals surface area contributed by atoms with Gasteiger partial charge in [0.15, 0.2) is 0 Å². The molecular weight excluding hydrogens is 279 g/mol. The van der Waals surface area contributed by atoms with Crippen molar-refractivity contribution in [2.75, 3.05) is 18.8 Å². The summed E-state index contributed by atoms with van der Waals surface area (Å²) in [5.41, 5.74) is 5.28. The summed E-state index contributed by atoms with van der Waals surface area (Å²) in [6.07, 6.45) is 0.482. The van der Waals surface area contributed by atoms with Crippen LogP contribution in [0.25, 0.3) is 0 Å². The number of carbonyl (C=O) groups excluding carboxylic acids is 1. The average Bonchev–Trinajstić information content (AvgIpc) is 2.29. The molecule has 1 rings (SSSR count). The Labute approximate surface area is 117 Å². The van der Waals surface area contributed by atoms with Gasteiger partial charge in [-0.15, -0.1) is 24.2 Å². The first-order valence-electron chi connectivity index (χ1n) is 5.08. The van der Waals surface area contributed by atoms with Gasteiger partial charge in [0.05, 0.1) is 5.02 Å². The zero-order valence-electron chi connectivity index (χ0n) is 9.32. The van der Waals surface area contributed by atoms with Gasteiger partial charge in [-0.1, -0.05) is 23.7 Å². The standard InChI is InChI=1S/C11H15ClN2OS.ClH/c12-9-3-1-2-4-10(9)16-8-5-11(15)14-7-6-13;/h1-4H,5-8,13H2,(H,14,15);1H. The lowest BCUT2D eigenvalue weighted by Gasteiger charge is -2.04. The summed E-state index contributed by atoms with van der Waals surface area (Å²) in [4.78, 5) is 12.3. The van der Waals surface area contributed by atoms with Crippen LogP contribution in [0.2, 0.25) is 5.02 Å². The fraction of sp³-hybridized carbons (Fsp3) is 0.364. The van der Waals surface area contributed by atoms with Gasteiger partial charge in [0.1, 0.15) is 0 Å². The first kappa shape index (κ1) is 16.6.